The maximum Gasteiger partial charge on any atom is 0.339 e. The van der Waals surface area contributed by atoms with Crippen molar-refractivity contribution in [2.75, 3.05) is 34.8 Å². The SMILES string of the molecule is Cc1cccc(N2CCN(c3ncc(NC(=O)c4ccccc4Cl)cc3C(=O)O)CC2C)c1. The van der Waals surface area contributed by atoms with E-state index in [1.54, 1.807) is 24.3 Å². The number of carboxylic acids is 1. The van der Waals surface area contributed by atoms with Crippen molar-refractivity contribution in [2.45, 2.75) is 19.9 Å². The number of aryl methyl sites for hydroxylation is 1. The summed E-state index contributed by atoms with van der Waals surface area (Å²) in [5.41, 5.74) is 3.01. The summed E-state index contributed by atoms with van der Waals surface area (Å²) in [6, 6.07) is 16.6. The second kappa shape index (κ2) is 9.50. The van der Waals surface area contributed by atoms with Crippen LogP contribution in [-0.2, 0) is 0 Å². The molecule has 1 aliphatic heterocycles. The summed E-state index contributed by atoms with van der Waals surface area (Å²) in [7, 11) is 0. The lowest BCUT2D eigenvalue weighted by Gasteiger charge is -2.42. The van der Waals surface area contributed by atoms with Crippen molar-refractivity contribution in [3.8, 4) is 0 Å². The lowest BCUT2D eigenvalue weighted by molar-refractivity contribution is 0.0696. The topological polar surface area (TPSA) is 85.8 Å². The molecule has 1 fully saturated rings. The van der Waals surface area contributed by atoms with Crippen LogP contribution in [0.1, 0.15) is 33.2 Å². The highest BCUT2D eigenvalue weighted by Gasteiger charge is 2.28. The minimum absolute atomic E-state index is 0.0446. The maximum absolute atomic E-state index is 12.6. The minimum Gasteiger partial charge on any atom is -0.478 e. The van der Waals surface area contributed by atoms with Crippen LogP contribution in [0, 0.1) is 6.92 Å². The van der Waals surface area contributed by atoms with Gasteiger partial charge in [-0.3, -0.25) is 4.79 Å². The molecule has 0 aliphatic carbocycles. The van der Waals surface area contributed by atoms with Gasteiger partial charge in [-0.15, -0.1) is 0 Å². The molecule has 3 aromatic rings. The van der Waals surface area contributed by atoms with Gasteiger partial charge in [0.25, 0.3) is 5.91 Å². The van der Waals surface area contributed by atoms with E-state index >= 15 is 0 Å². The molecular formula is C25H25ClN4O3. The number of hydrogen-bond acceptors (Lipinski definition) is 5. The van der Waals surface area contributed by atoms with E-state index in [1.807, 2.05) is 11.0 Å². The Morgan fingerprint density at radius 3 is 2.58 bits per heavy atom. The second-order valence-electron chi connectivity index (χ2n) is 8.16. The molecule has 1 aliphatic rings. The van der Waals surface area contributed by atoms with Gasteiger partial charge in [0.2, 0.25) is 0 Å². The van der Waals surface area contributed by atoms with Crippen LogP contribution in [-0.4, -0.2) is 47.6 Å². The standard InChI is InChI=1S/C25H25ClN4O3/c1-16-6-5-7-19(12-16)30-11-10-29(15-17(30)2)23-21(25(32)33)13-18(14-27-23)28-24(31)20-8-3-4-9-22(20)26/h3-9,12-14,17H,10-11,15H2,1-2H3,(H,28,31)(H,32,33). The molecule has 0 radical (unpaired) electrons. The van der Waals surface area contributed by atoms with Crippen LogP contribution >= 0.6 is 11.6 Å². The van der Waals surface area contributed by atoms with Crippen molar-refractivity contribution < 1.29 is 14.7 Å². The van der Waals surface area contributed by atoms with E-state index < -0.39 is 11.9 Å². The van der Waals surface area contributed by atoms with E-state index in [2.05, 4.69) is 47.2 Å². The first-order chi connectivity index (χ1) is 15.8. The van der Waals surface area contributed by atoms with Gasteiger partial charge < -0.3 is 20.2 Å². The van der Waals surface area contributed by atoms with Crippen LogP contribution in [0.5, 0.6) is 0 Å². The Balaban J connectivity index is 1.53. The summed E-state index contributed by atoms with van der Waals surface area (Å²) in [6.07, 6.45) is 1.48. The van der Waals surface area contributed by atoms with Crippen molar-refractivity contribution in [3.05, 3.63) is 82.5 Å². The third-order valence-electron chi connectivity index (χ3n) is 5.73. The first-order valence-electron chi connectivity index (χ1n) is 10.7. The number of nitrogens with one attached hydrogen (secondary N) is 1. The molecule has 0 spiro atoms. The summed E-state index contributed by atoms with van der Waals surface area (Å²) in [6.45, 7) is 6.20. The molecule has 7 nitrogen and oxygen atoms in total. The van der Waals surface area contributed by atoms with Gasteiger partial charge in [-0.2, -0.15) is 0 Å². The summed E-state index contributed by atoms with van der Waals surface area (Å²) >= 11 is 6.09. The number of carboxylic acid groups (broad SMARTS) is 1. The number of amides is 1. The molecule has 0 saturated carbocycles. The van der Waals surface area contributed by atoms with Gasteiger partial charge in [0, 0.05) is 31.4 Å². The number of hydrogen-bond donors (Lipinski definition) is 2. The van der Waals surface area contributed by atoms with Gasteiger partial charge in [-0.25, -0.2) is 9.78 Å². The first kappa shape index (κ1) is 22.6. The fourth-order valence-electron chi connectivity index (χ4n) is 4.12. The molecule has 1 atom stereocenters. The van der Waals surface area contributed by atoms with Crippen molar-refractivity contribution in [2.24, 2.45) is 0 Å². The predicted octanol–water partition coefficient (Wildman–Crippen LogP) is 4.71. The average molecular weight is 465 g/mol. The molecule has 8 heteroatoms. The van der Waals surface area contributed by atoms with Crippen LogP contribution in [0.2, 0.25) is 5.02 Å². The van der Waals surface area contributed by atoms with Crippen molar-refractivity contribution >= 4 is 40.7 Å². The molecule has 2 heterocycles. The van der Waals surface area contributed by atoms with E-state index in [0.717, 1.165) is 12.2 Å². The monoisotopic (exact) mass is 464 g/mol. The number of pyridine rings is 1. The number of halogens is 1. The lowest BCUT2D eigenvalue weighted by atomic mass is 10.1. The second-order valence-corrected chi connectivity index (χ2v) is 8.57. The molecule has 170 valence electrons. The number of benzene rings is 2. The van der Waals surface area contributed by atoms with Gasteiger partial charge in [0.1, 0.15) is 11.4 Å². The van der Waals surface area contributed by atoms with Gasteiger partial charge >= 0.3 is 5.97 Å². The fraction of sp³-hybridized carbons (Fsp3) is 0.240. The van der Waals surface area contributed by atoms with E-state index in [9.17, 15) is 14.7 Å². The highest BCUT2D eigenvalue weighted by atomic mass is 35.5. The molecular weight excluding hydrogens is 440 g/mol. The smallest absolute Gasteiger partial charge is 0.339 e. The number of piperazine rings is 1. The van der Waals surface area contributed by atoms with Gasteiger partial charge in [0.05, 0.1) is 22.5 Å². The Kier molecular flexibility index (Phi) is 6.51. The fourth-order valence-corrected chi connectivity index (χ4v) is 4.34. The van der Waals surface area contributed by atoms with Gasteiger partial charge in [-0.05, 0) is 49.7 Å². The van der Waals surface area contributed by atoms with Crippen LogP contribution < -0.4 is 15.1 Å². The number of anilines is 3. The van der Waals surface area contributed by atoms with Crippen molar-refractivity contribution in [1.82, 2.24) is 4.98 Å². The number of aromatic nitrogens is 1. The predicted molar refractivity (Wildman–Crippen MR) is 131 cm³/mol. The molecule has 1 aromatic heterocycles. The third-order valence-corrected chi connectivity index (χ3v) is 6.06. The molecule has 1 amide bonds. The molecule has 4 rings (SSSR count). The minimum atomic E-state index is -1.10. The molecule has 1 unspecified atom stereocenters. The lowest BCUT2D eigenvalue weighted by Crippen LogP contribution is -2.52. The average Bonchev–Trinajstić information content (AvgIpc) is 2.79. The quantitative estimate of drug-likeness (QED) is 0.568. The number of carbonyl (C=O) groups is 2. The zero-order chi connectivity index (χ0) is 23.5. The Bertz CT molecular complexity index is 1200. The Labute approximate surface area is 197 Å². The highest BCUT2D eigenvalue weighted by molar-refractivity contribution is 6.34. The van der Waals surface area contributed by atoms with Crippen LogP contribution in [0.25, 0.3) is 0 Å². The Hall–Kier alpha value is -3.58. The normalized spacial score (nSPS) is 15.9. The zero-order valence-electron chi connectivity index (χ0n) is 18.5. The molecule has 2 aromatic carbocycles. The number of rotatable bonds is 5. The number of nitrogens with zero attached hydrogens (tertiary/aromatic N) is 3. The summed E-state index contributed by atoms with van der Waals surface area (Å²) < 4.78 is 0. The van der Waals surface area contributed by atoms with Gasteiger partial charge in [0.15, 0.2) is 0 Å². The summed E-state index contributed by atoms with van der Waals surface area (Å²) in [4.78, 5) is 33.3. The maximum atomic E-state index is 12.6. The largest absolute Gasteiger partial charge is 0.478 e. The van der Waals surface area contributed by atoms with Crippen molar-refractivity contribution in [3.63, 3.8) is 0 Å². The molecule has 1 saturated heterocycles. The zero-order valence-corrected chi connectivity index (χ0v) is 19.2. The van der Waals surface area contributed by atoms with Crippen LogP contribution in [0.3, 0.4) is 0 Å². The van der Waals surface area contributed by atoms with Gasteiger partial charge in [-0.1, -0.05) is 35.9 Å². The van der Waals surface area contributed by atoms with E-state index in [-0.39, 0.29) is 11.6 Å². The van der Waals surface area contributed by atoms with Crippen LogP contribution in [0.15, 0.2) is 60.8 Å². The van der Waals surface area contributed by atoms with E-state index in [0.29, 0.717) is 35.2 Å². The van der Waals surface area contributed by atoms with E-state index in [1.165, 1.54) is 17.8 Å². The highest BCUT2D eigenvalue weighted by Crippen LogP contribution is 2.27. The molecule has 33 heavy (non-hydrogen) atoms. The number of carbonyl (C=O) groups excluding carboxylic acids is 1. The summed E-state index contributed by atoms with van der Waals surface area (Å²) in [5, 5.41) is 12.8. The van der Waals surface area contributed by atoms with E-state index in [4.69, 9.17) is 11.6 Å². The number of aromatic carboxylic acids is 1. The summed E-state index contributed by atoms with van der Waals surface area (Å²) in [5.74, 6) is -1.12. The first-order valence-corrected chi connectivity index (χ1v) is 11.1. The van der Waals surface area contributed by atoms with Crippen molar-refractivity contribution in [1.29, 1.82) is 0 Å². The Morgan fingerprint density at radius 2 is 1.88 bits per heavy atom. The third kappa shape index (κ3) is 4.93. The van der Waals surface area contributed by atoms with Crippen LogP contribution in [0.4, 0.5) is 17.2 Å². The molecule has 2 N–H and O–H groups in total. The molecule has 0 bridgehead atoms. The Morgan fingerprint density at radius 1 is 1.09 bits per heavy atom.